The number of carbonyl (C=O) groups is 1. The van der Waals surface area contributed by atoms with E-state index in [1.165, 1.54) is 12.3 Å². The molecule has 6 heteroatoms. The molecule has 1 aromatic carbocycles. The Morgan fingerprint density at radius 2 is 2.00 bits per heavy atom. The van der Waals surface area contributed by atoms with Crippen molar-refractivity contribution < 1.29 is 14.3 Å². The number of aliphatic hydroxyl groups excluding tert-OH is 1. The fourth-order valence-corrected chi connectivity index (χ4v) is 4.27. The highest BCUT2D eigenvalue weighted by molar-refractivity contribution is 5.91. The molecule has 5 nitrogen and oxygen atoms in total. The first-order chi connectivity index (χ1) is 13.0. The minimum Gasteiger partial charge on any atom is -0.393 e. The highest BCUT2D eigenvalue weighted by atomic mass is 19.1. The number of likely N-dealkylation sites (tertiary alicyclic amines) is 1. The van der Waals surface area contributed by atoms with Crippen LogP contribution in [0, 0.1) is 24.6 Å². The third kappa shape index (κ3) is 3.81. The molecular weight excluding hydrogens is 345 g/mol. The minimum atomic E-state index is -0.388. The van der Waals surface area contributed by atoms with Gasteiger partial charge in [-0.1, -0.05) is 12.1 Å². The van der Waals surface area contributed by atoms with Crippen molar-refractivity contribution in [1.29, 1.82) is 0 Å². The van der Waals surface area contributed by atoms with Crippen LogP contribution in [0.1, 0.15) is 24.8 Å². The van der Waals surface area contributed by atoms with Crippen molar-refractivity contribution in [2.24, 2.45) is 11.8 Å². The lowest BCUT2D eigenvalue weighted by Gasteiger charge is -2.27. The fraction of sp³-hybridized carbons (Fsp3) is 0.429. The van der Waals surface area contributed by atoms with Gasteiger partial charge in [-0.2, -0.15) is 0 Å². The average Bonchev–Trinajstić information content (AvgIpc) is 3.07. The van der Waals surface area contributed by atoms with E-state index in [2.05, 4.69) is 10.3 Å². The van der Waals surface area contributed by atoms with Crippen LogP contribution in [0.15, 0.2) is 36.7 Å². The molecule has 1 saturated heterocycles. The van der Waals surface area contributed by atoms with Crippen LogP contribution >= 0.6 is 0 Å². The molecule has 0 radical (unpaired) electrons. The number of benzene rings is 1. The van der Waals surface area contributed by atoms with Gasteiger partial charge in [0.1, 0.15) is 5.82 Å². The zero-order valence-electron chi connectivity index (χ0n) is 15.4. The van der Waals surface area contributed by atoms with E-state index < -0.39 is 0 Å². The number of hydrogen-bond acceptors (Lipinski definition) is 3. The molecular formula is C21H24FN3O2. The minimum absolute atomic E-state index is 0.114. The topological polar surface area (TPSA) is 65.5 Å². The van der Waals surface area contributed by atoms with Gasteiger partial charge in [0, 0.05) is 30.5 Å². The summed E-state index contributed by atoms with van der Waals surface area (Å²) in [5.41, 5.74) is 3.15. The quantitative estimate of drug-likeness (QED) is 0.846. The molecule has 2 N–H and O–H groups in total. The van der Waals surface area contributed by atoms with Crippen molar-refractivity contribution in [3.05, 3.63) is 48.0 Å². The van der Waals surface area contributed by atoms with Crippen molar-refractivity contribution in [3.8, 4) is 11.1 Å². The maximum absolute atomic E-state index is 13.5. The van der Waals surface area contributed by atoms with Gasteiger partial charge in [-0.05, 0) is 61.3 Å². The Morgan fingerprint density at radius 3 is 2.81 bits per heavy atom. The first-order valence-corrected chi connectivity index (χ1v) is 9.45. The van der Waals surface area contributed by atoms with Crippen molar-refractivity contribution in [1.82, 2.24) is 9.88 Å². The molecule has 1 aliphatic heterocycles. The summed E-state index contributed by atoms with van der Waals surface area (Å²) >= 11 is 0. The predicted molar refractivity (Wildman–Crippen MR) is 102 cm³/mol. The molecule has 2 aliphatic rings. The maximum atomic E-state index is 13.5. The number of amides is 2. The Hall–Kier alpha value is -2.47. The molecule has 0 spiro atoms. The van der Waals surface area contributed by atoms with Gasteiger partial charge in [0.2, 0.25) is 0 Å². The Labute approximate surface area is 158 Å². The molecule has 1 saturated carbocycles. The Balaban J connectivity index is 1.49. The van der Waals surface area contributed by atoms with Crippen LogP contribution in [-0.4, -0.2) is 40.2 Å². The summed E-state index contributed by atoms with van der Waals surface area (Å²) in [5.74, 6) is 0.496. The Morgan fingerprint density at radius 1 is 1.19 bits per heavy atom. The molecule has 2 heterocycles. The number of halogens is 1. The number of urea groups is 1. The summed E-state index contributed by atoms with van der Waals surface area (Å²) in [6.45, 7) is 3.37. The van der Waals surface area contributed by atoms with Gasteiger partial charge >= 0.3 is 6.03 Å². The molecule has 142 valence electrons. The van der Waals surface area contributed by atoms with E-state index in [1.807, 2.05) is 30.0 Å². The molecule has 4 rings (SSSR count). The summed E-state index contributed by atoms with van der Waals surface area (Å²) in [5, 5.41) is 12.9. The van der Waals surface area contributed by atoms with Crippen LogP contribution in [0.2, 0.25) is 0 Å². The number of aromatic nitrogens is 1. The number of hydrogen-bond donors (Lipinski definition) is 2. The SMILES string of the molecule is Cc1ccc(-c2cncc(F)c2)cc1NC(=O)N1C[C@H]2C[C@@H](O)CC[C@H]2C1. The zero-order valence-corrected chi connectivity index (χ0v) is 15.4. The van der Waals surface area contributed by atoms with Crippen LogP contribution in [0.3, 0.4) is 0 Å². The Kier molecular flexibility index (Phi) is 4.83. The van der Waals surface area contributed by atoms with E-state index >= 15 is 0 Å². The highest BCUT2D eigenvalue weighted by Crippen LogP contribution is 2.36. The lowest BCUT2D eigenvalue weighted by Crippen LogP contribution is -2.33. The van der Waals surface area contributed by atoms with Gasteiger partial charge < -0.3 is 15.3 Å². The van der Waals surface area contributed by atoms with E-state index in [0.717, 1.165) is 42.6 Å². The Bertz CT molecular complexity index is 857. The number of nitrogens with one attached hydrogen (secondary N) is 1. The van der Waals surface area contributed by atoms with Crippen molar-refractivity contribution in [2.45, 2.75) is 32.3 Å². The smallest absolute Gasteiger partial charge is 0.321 e. The van der Waals surface area contributed by atoms with E-state index in [9.17, 15) is 14.3 Å². The molecule has 2 aromatic rings. The van der Waals surface area contributed by atoms with Crippen LogP contribution in [0.4, 0.5) is 14.9 Å². The number of anilines is 1. The second-order valence-electron chi connectivity index (χ2n) is 7.74. The van der Waals surface area contributed by atoms with Gasteiger partial charge in [0.05, 0.1) is 12.3 Å². The monoisotopic (exact) mass is 369 g/mol. The number of rotatable bonds is 2. The largest absolute Gasteiger partial charge is 0.393 e. The van der Waals surface area contributed by atoms with Gasteiger partial charge in [-0.3, -0.25) is 4.98 Å². The number of aliphatic hydroxyl groups is 1. The van der Waals surface area contributed by atoms with E-state index in [-0.39, 0.29) is 18.0 Å². The van der Waals surface area contributed by atoms with Gasteiger partial charge in [-0.25, -0.2) is 9.18 Å². The summed E-state index contributed by atoms with van der Waals surface area (Å²) in [6, 6.07) is 6.98. The standard InChI is InChI=1S/C21H24FN3O2/c1-13-2-3-14(16-6-18(22)10-23-9-16)8-20(13)24-21(27)25-11-15-4-5-19(26)7-17(15)12-25/h2-3,6,8-10,15,17,19,26H,4-5,7,11-12H2,1H3,(H,24,27)/t15-,17+,19-/m0/s1. The molecule has 2 fully saturated rings. The molecule has 1 aromatic heterocycles. The maximum Gasteiger partial charge on any atom is 0.321 e. The third-order valence-electron chi connectivity index (χ3n) is 5.83. The van der Waals surface area contributed by atoms with Crippen molar-refractivity contribution >= 4 is 11.7 Å². The molecule has 3 atom stereocenters. The summed E-state index contributed by atoms with van der Waals surface area (Å²) in [6.07, 6.45) is 5.15. The lowest BCUT2D eigenvalue weighted by atomic mass is 9.80. The van der Waals surface area contributed by atoms with E-state index in [1.54, 1.807) is 6.20 Å². The number of fused-ring (bicyclic) bond motifs is 1. The second-order valence-corrected chi connectivity index (χ2v) is 7.74. The van der Waals surface area contributed by atoms with Crippen LogP contribution < -0.4 is 5.32 Å². The normalized spacial score (nSPS) is 24.6. The number of nitrogens with zero attached hydrogens (tertiary/aromatic N) is 2. The molecule has 0 bridgehead atoms. The third-order valence-corrected chi connectivity index (χ3v) is 5.83. The second kappa shape index (κ2) is 7.27. The first-order valence-electron chi connectivity index (χ1n) is 9.45. The summed E-state index contributed by atoms with van der Waals surface area (Å²) in [4.78, 5) is 18.5. The first kappa shape index (κ1) is 17.9. The molecule has 27 heavy (non-hydrogen) atoms. The number of carbonyl (C=O) groups excluding carboxylic acids is 1. The number of pyridine rings is 1. The highest BCUT2D eigenvalue weighted by Gasteiger charge is 2.39. The average molecular weight is 369 g/mol. The fourth-order valence-electron chi connectivity index (χ4n) is 4.27. The van der Waals surface area contributed by atoms with Crippen LogP contribution in [-0.2, 0) is 0 Å². The van der Waals surface area contributed by atoms with E-state index in [0.29, 0.717) is 23.9 Å². The summed E-state index contributed by atoms with van der Waals surface area (Å²) < 4.78 is 13.5. The summed E-state index contributed by atoms with van der Waals surface area (Å²) in [7, 11) is 0. The van der Waals surface area contributed by atoms with Crippen molar-refractivity contribution in [3.63, 3.8) is 0 Å². The van der Waals surface area contributed by atoms with Gasteiger partial charge in [-0.15, -0.1) is 0 Å². The molecule has 2 amide bonds. The van der Waals surface area contributed by atoms with Gasteiger partial charge in [0.25, 0.3) is 0 Å². The molecule has 1 aliphatic carbocycles. The zero-order chi connectivity index (χ0) is 19.0. The predicted octanol–water partition coefficient (Wildman–Crippen LogP) is 3.82. The van der Waals surface area contributed by atoms with Crippen LogP contribution in [0.25, 0.3) is 11.1 Å². The number of aryl methyl sites for hydroxylation is 1. The van der Waals surface area contributed by atoms with Crippen molar-refractivity contribution in [2.75, 3.05) is 18.4 Å². The molecule has 0 unspecified atom stereocenters. The lowest BCUT2D eigenvalue weighted by molar-refractivity contribution is 0.0866. The van der Waals surface area contributed by atoms with Gasteiger partial charge in [0.15, 0.2) is 0 Å². The van der Waals surface area contributed by atoms with Crippen LogP contribution in [0.5, 0.6) is 0 Å². The van der Waals surface area contributed by atoms with E-state index in [4.69, 9.17) is 0 Å².